The number of carbonyl (C=O) groups excluding carboxylic acids is 2. The van der Waals surface area contributed by atoms with Gasteiger partial charge in [0.15, 0.2) is 5.78 Å². The van der Waals surface area contributed by atoms with Crippen LogP contribution < -0.4 is 0 Å². The summed E-state index contributed by atoms with van der Waals surface area (Å²) >= 11 is 0. The highest BCUT2D eigenvalue weighted by Gasteiger charge is 2.81. The number of aryl methyl sites for hydroxylation is 2. The number of methoxy groups -OCH3 is 1. The highest BCUT2D eigenvalue weighted by Crippen LogP contribution is 2.89. The number of H-pyrrole nitrogens is 2. The quantitative estimate of drug-likeness (QED) is 0.127. The molecule has 109 heavy (non-hydrogen) atoms. The first-order valence-corrected chi connectivity index (χ1v) is 40.2. The van der Waals surface area contributed by atoms with Crippen molar-refractivity contribution in [1.29, 1.82) is 0 Å². The number of ketones is 1. The molecule has 1 fully saturated rings. The van der Waals surface area contributed by atoms with Crippen molar-refractivity contribution in [2.45, 2.75) is 88.5 Å². The number of nitrogens with one attached hydrogen (secondary N) is 2. The maximum Gasteiger partial charge on any atom is 0.305 e. The maximum atomic E-state index is 14.7. The van der Waals surface area contributed by atoms with Gasteiger partial charge in [-0.05, 0) is 400 Å². The number of aromatic nitrogens is 4. The molecule has 3 atom stereocenters. The molecule has 2 spiro atoms. The van der Waals surface area contributed by atoms with Crippen molar-refractivity contribution < 1.29 is 14.3 Å². The average Bonchev–Trinajstić information content (AvgIpc) is 1.38. The average molecular weight is 1370 g/mol. The summed E-state index contributed by atoms with van der Waals surface area (Å²) in [5, 5.41) is 86.3. The summed E-state index contributed by atoms with van der Waals surface area (Å²) in [5.74, 6) is -0.364. The second-order valence-corrected chi connectivity index (χ2v) is 37.5. The molecule has 0 amide bonds. The van der Waals surface area contributed by atoms with Crippen molar-refractivity contribution in [1.82, 2.24) is 24.8 Å². The van der Waals surface area contributed by atoms with E-state index in [1.807, 2.05) is 0 Å². The minimum Gasteiger partial charge on any atom is -0.469 e. The summed E-state index contributed by atoms with van der Waals surface area (Å²) in [4.78, 5) is 51.3. The lowest BCUT2D eigenvalue weighted by Gasteiger charge is -2.57. The number of hydrogen-bond donors (Lipinski definition) is 2. The Balaban J connectivity index is 0.818. The summed E-state index contributed by atoms with van der Waals surface area (Å²) in [6.07, 6.45) is 1.85. The molecule has 40 rings (SSSR count). The third-order valence-corrected chi connectivity index (χ3v) is 35.6. The van der Waals surface area contributed by atoms with Gasteiger partial charge in [-0.2, -0.15) is 0 Å². The smallest absolute Gasteiger partial charge is 0.305 e. The summed E-state index contributed by atoms with van der Waals surface area (Å²) in [7, 11) is 4.10. The second kappa shape index (κ2) is 12.6. The van der Waals surface area contributed by atoms with E-state index >= 15 is 0 Å². The van der Waals surface area contributed by atoms with E-state index in [2.05, 4.69) is 105 Å². The predicted molar refractivity (Wildman–Crippen MR) is 447 cm³/mol. The van der Waals surface area contributed by atoms with Gasteiger partial charge < -0.3 is 14.7 Å². The number of rotatable bonds is 6. The molecule has 1 saturated heterocycles. The van der Waals surface area contributed by atoms with Crippen LogP contribution in [0.15, 0.2) is 48.5 Å². The molecule has 0 saturated carbocycles. The molecule has 3 aromatic heterocycles. The van der Waals surface area contributed by atoms with E-state index in [9.17, 15) is 9.59 Å². The van der Waals surface area contributed by atoms with Crippen molar-refractivity contribution in [2.24, 2.45) is 0 Å². The summed E-state index contributed by atoms with van der Waals surface area (Å²) in [6.45, 7) is 12.3. The zero-order chi connectivity index (χ0) is 68.8. The maximum absolute atomic E-state index is 14.7. The first-order valence-electron chi connectivity index (χ1n) is 40.2. The van der Waals surface area contributed by atoms with Gasteiger partial charge in [0.2, 0.25) is 0 Å². The summed E-state index contributed by atoms with van der Waals surface area (Å²) < 4.78 is 5.41. The van der Waals surface area contributed by atoms with Gasteiger partial charge in [-0.25, -0.2) is 4.98 Å². The van der Waals surface area contributed by atoms with E-state index in [-0.39, 0.29) is 36.4 Å². The number of benzene rings is 19. The van der Waals surface area contributed by atoms with Gasteiger partial charge in [-0.1, -0.05) is 44.2 Å². The minimum absolute atomic E-state index is 0.0940. The Hall–Kier alpha value is -12.4. The van der Waals surface area contributed by atoms with Crippen LogP contribution in [0.2, 0.25) is 0 Å². The van der Waals surface area contributed by atoms with Crippen LogP contribution in [0.3, 0.4) is 0 Å². The number of hydrogen-bond acceptors (Lipinski definition) is 6. The fraction of sp³-hybridized carbons (Fsp3) is 0.168. The molecular weight excluding hydrogens is 1330 g/mol. The standard InChI is InChI=1S/C101H43N5O3/c1-8-26-21(2)29-19-34-92(24(5)32(103-34)17-30-22(3)27(14-15-36(108)109-7)97(104-30)28-16-35(107)37-23(4)31(105-98(28)37)18-33(26)102-29)101(25-12-10-9-11-13-25)100-95-88-82-72-60-52-44-40-38-39-42-46(44)54(60)64-58-50(42)51-43(39)47-45-41(38)49-48(40)56-62(52)70-76-66(56)67-57(49)63-53(45)61-55(47)65-59(51)69-68(58)80(74(64)82)90(95)91-81(69)75(65)83-73(61)79-71(63)77(67)85-84(76)93(86(88)78(70)72)99(100,20-106(101)6)94(85)87(79)89(83)96(91)100/h9-13,17-19,22,27,103,105H,8,14-16,20H2,1-7H3/t22-,27-,99?,100?,101?/m0/s1. The molecular formula is C101H43N5O3. The fourth-order valence-corrected chi connectivity index (χ4v) is 33.7. The van der Waals surface area contributed by atoms with Crippen LogP contribution in [0.25, 0.3) is 324 Å². The van der Waals surface area contributed by atoms with Crippen molar-refractivity contribution in [2.75, 3.05) is 20.7 Å². The molecule has 6 heterocycles. The lowest BCUT2D eigenvalue weighted by atomic mass is 9.43. The molecule has 8 aliphatic rings. The zero-order valence-corrected chi connectivity index (χ0v) is 59.4. The molecule has 490 valence electrons. The molecule has 2 N–H and O–H groups in total. The van der Waals surface area contributed by atoms with Crippen LogP contribution in [-0.2, 0) is 32.3 Å². The Morgan fingerprint density at radius 1 is 0.477 bits per heavy atom. The Morgan fingerprint density at radius 3 is 1.27 bits per heavy atom. The number of nitrogens with zero attached hydrogens (tertiary/aromatic N) is 3. The van der Waals surface area contributed by atoms with Gasteiger partial charge in [-0.3, -0.25) is 19.5 Å². The van der Waals surface area contributed by atoms with Gasteiger partial charge in [0.25, 0.3) is 0 Å². The van der Waals surface area contributed by atoms with Crippen molar-refractivity contribution in [3.8, 4) is 0 Å². The van der Waals surface area contributed by atoms with Crippen molar-refractivity contribution in [3.63, 3.8) is 0 Å². The number of fused-ring (bicyclic) bond motifs is 8. The highest BCUT2D eigenvalue weighted by atomic mass is 16.5. The third kappa shape index (κ3) is 3.33. The van der Waals surface area contributed by atoms with Gasteiger partial charge in [0.1, 0.15) is 0 Å². The van der Waals surface area contributed by atoms with Crippen molar-refractivity contribution in [3.05, 3.63) is 127 Å². The lowest BCUT2D eigenvalue weighted by molar-refractivity contribution is -0.140. The Kier molecular flexibility index (Phi) is 5.64. The number of likely N-dealkylation sites (N-methyl/N-ethyl adjacent to an activating group) is 1. The number of esters is 1. The molecule has 5 aliphatic carbocycles. The van der Waals surface area contributed by atoms with Crippen LogP contribution in [0, 0.1) is 13.8 Å². The minimum atomic E-state index is -0.931. The summed E-state index contributed by atoms with van der Waals surface area (Å²) in [5.41, 5.74) is 20.8. The Bertz CT molecular complexity index is 9950. The molecule has 32 aromatic rings. The SMILES string of the molecule is CCC1=C(C)c2cc3[nH]c(cc4nc(c5c6[nH]c(cc1n2)c(C)c6C(=O)C5)[C@@H](CCC(=O)OC)[C@@H]4C)c(C)c3C1(c2ccccc2)N(C)CC23c4c5c6c7c8c9c(c%10c%11c2c2c4c4c%12c5c5c6c6c8c8c%13c9c9c%10c%10c%11c%11c2c2c4c4c%12c%12c5c5c6c8c6c8c%13c9c9c%10c%10c%11c2c2c4c4c%12c5c6c5c8c9c%10c2c45)C731. The molecule has 8 heteroatoms. The third-order valence-electron chi connectivity index (χ3n) is 35.6. The topological polar surface area (TPSA) is 104 Å². The van der Waals surface area contributed by atoms with E-state index < -0.39 is 16.4 Å². The summed E-state index contributed by atoms with van der Waals surface area (Å²) in [6, 6.07) is 19.4. The monoisotopic (exact) mass is 1370 g/mol. The predicted octanol–water partition coefficient (Wildman–Crippen LogP) is 24.3. The number of Topliss-reactive ketones (excluding diaryl/α,β-unsaturated/α-hetero) is 1. The highest BCUT2D eigenvalue weighted by molar-refractivity contribution is 6.82. The first kappa shape index (κ1) is 48.8. The normalized spacial score (nSPS) is 22.8. The molecule has 1 unspecified atom stereocenters. The van der Waals surface area contributed by atoms with Crippen LogP contribution in [-0.4, -0.2) is 57.3 Å². The van der Waals surface area contributed by atoms with Crippen LogP contribution in [0.1, 0.15) is 135 Å². The lowest BCUT2D eigenvalue weighted by Crippen LogP contribution is -2.60. The van der Waals surface area contributed by atoms with Crippen LogP contribution >= 0.6 is 0 Å². The number of carbonyl (C=O) groups is 2. The van der Waals surface area contributed by atoms with E-state index in [4.69, 9.17) is 14.7 Å². The Morgan fingerprint density at radius 2 is 0.862 bits per heavy atom. The van der Waals surface area contributed by atoms with Gasteiger partial charge in [-0.15, -0.1) is 0 Å². The first-order chi connectivity index (χ1) is 53.6. The second-order valence-electron chi connectivity index (χ2n) is 37.5. The number of likely N-dealkylation sites (tertiary alicyclic amines) is 1. The Labute approximate surface area is 607 Å². The van der Waals surface area contributed by atoms with Crippen LogP contribution in [0.4, 0.5) is 0 Å². The number of aromatic amines is 2. The van der Waals surface area contributed by atoms with Crippen LogP contribution in [0.5, 0.6) is 0 Å². The van der Waals surface area contributed by atoms with E-state index in [0.29, 0.717) is 6.42 Å². The number of ether oxygens (including phenoxy) is 1. The van der Waals surface area contributed by atoms with Gasteiger partial charge in [0, 0.05) is 70.2 Å². The fourth-order valence-electron chi connectivity index (χ4n) is 33.7. The molecule has 8 nitrogen and oxygen atoms in total. The van der Waals surface area contributed by atoms with Gasteiger partial charge >= 0.3 is 5.97 Å². The molecule has 8 bridgehead atoms. The van der Waals surface area contributed by atoms with E-state index in [0.717, 1.165) is 74.5 Å². The van der Waals surface area contributed by atoms with Gasteiger partial charge in [0.05, 0.1) is 46.1 Å². The zero-order valence-electron chi connectivity index (χ0n) is 59.4. The largest absolute Gasteiger partial charge is 0.469 e. The van der Waals surface area contributed by atoms with Crippen molar-refractivity contribution >= 4 is 336 Å². The molecule has 29 aromatic carbocycles. The van der Waals surface area contributed by atoms with E-state index in [1.165, 1.54) is 34.9 Å². The number of allylic oxidation sites excluding steroid dienone is 2. The van der Waals surface area contributed by atoms with E-state index in [1.54, 1.807) is 313 Å². The molecule has 0 radical (unpaired) electrons. The molecule has 3 aliphatic heterocycles.